The zero-order valence-electron chi connectivity index (χ0n) is 12.8. The van der Waals surface area contributed by atoms with Crippen molar-refractivity contribution in [3.8, 4) is 28.3 Å². The first-order chi connectivity index (χ1) is 11.5. The second-order valence-electron chi connectivity index (χ2n) is 5.31. The Morgan fingerprint density at radius 3 is 2.12 bits per heavy atom. The molecule has 0 spiro atoms. The number of hydrogen-bond acceptors (Lipinski definition) is 2. The molecule has 0 unspecified atom stereocenters. The topological polar surface area (TPSA) is 66.0 Å². The number of carboxylic acid groups (broad SMARTS) is 1. The van der Waals surface area contributed by atoms with Gasteiger partial charge in [0.2, 0.25) is 0 Å². The van der Waals surface area contributed by atoms with Crippen LogP contribution in [0.2, 0.25) is 5.15 Å². The summed E-state index contributed by atoms with van der Waals surface area (Å²) in [7, 11) is 1.54. The number of halogens is 1. The van der Waals surface area contributed by atoms with E-state index in [2.05, 4.69) is 0 Å². The van der Waals surface area contributed by atoms with Gasteiger partial charge in [-0.15, -0.1) is 0 Å². The summed E-state index contributed by atoms with van der Waals surface area (Å²) in [6.45, 7) is 0. The predicted octanol–water partition coefficient (Wildman–Crippen LogP) is 4.58. The normalized spacial score (nSPS) is 10.4. The number of nitriles is 1. The summed E-state index contributed by atoms with van der Waals surface area (Å²) in [6.07, 6.45) is 0. The molecule has 0 atom stereocenters. The average Bonchev–Trinajstić information content (AvgIpc) is 2.87. The lowest BCUT2D eigenvalue weighted by Gasteiger charge is -2.06. The van der Waals surface area contributed by atoms with E-state index in [0.29, 0.717) is 11.1 Å². The van der Waals surface area contributed by atoms with Crippen LogP contribution in [0.5, 0.6) is 0 Å². The quantitative estimate of drug-likeness (QED) is 0.761. The summed E-state index contributed by atoms with van der Waals surface area (Å²) in [5.74, 6) is -1.12. The Bertz CT molecular complexity index is 952. The molecule has 24 heavy (non-hydrogen) atoms. The van der Waals surface area contributed by atoms with Gasteiger partial charge < -0.3 is 9.67 Å². The lowest BCUT2D eigenvalue weighted by Crippen LogP contribution is -2.05. The van der Waals surface area contributed by atoms with Gasteiger partial charge in [-0.25, -0.2) is 4.79 Å². The molecule has 0 saturated carbocycles. The minimum absolute atomic E-state index is 0.00371. The molecule has 1 aromatic heterocycles. The van der Waals surface area contributed by atoms with E-state index in [0.717, 1.165) is 11.1 Å². The molecule has 0 aliphatic rings. The number of aromatic carboxylic acids is 1. The molecule has 2 aromatic carbocycles. The predicted molar refractivity (Wildman–Crippen MR) is 93.0 cm³/mol. The van der Waals surface area contributed by atoms with Gasteiger partial charge in [-0.05, 0) is 16.7 Å². The molecule has 1 heterocycles. The maximum atomic E-state index is 11.6. The molecule has 0 saturated heterocycles. The minimum atomic E-state index is -1.12. The standard InChI is InChI=1S/C19H13ClN2O2/c1-22-17(19(23)24)16(15(11-21)18(22)20)14-9-7-13(8-10-14)12-5-3-2-4-6-12/h2-10H,1H3,(H,23,24). The Kier molecular flexibility index (Phi) is 4.11. The lowest BCUT2D eigenvalue weighted by molar-refractivity contribution is 0.0687. The average molecular weight is 337 g/mol. The van der Waals surface area contributed by atoms with Crippen LogP contribution in [0.15, 0.2) is 54.6 Å². The number of nitrogens with zero attached hydrogens (tertiary/aromatic N) is 2. The Hall–Kier alpha value is -3.03. The molecular weight excluding hydrogens is 324 g/mol. The Morgan fingerprint density at radius 2 is 1.58 bits per heavy atom. The van der Waals surface area contributed by atoms with Crippen LogP contribution in [-0.4, -0.2) is 15.6 Å². The zero-order chi connectivity index (χ0) is 17.3. The number of benzene rings is 2. The van der Waals surface area contributed by atoms with Crippen LogP contribution in [0.3, 0.4) is 0 Å². The summed E-state index contributed by atoms with van der Waals surface area (Å²) >= 11 is 6.12. The number of aromatic nitrogens is 1. The minimum Gasteiger partial charge on any atom is -0.477 e. The smallest absolute Gasteiger partial charge is 0.353 e. The fourth-order valence-electron chi connectivity index (χ4n) is 2.75. The maximum Gasteiger partial charge on any atom is 0.353 e. The van der Waals surface area contributed by atoms with Gasteiger partial charge in [-0.3, -0.25) is 0 Å². The van der Waals surface area contributed by atoms with Crippen molar-refractivity contribution in [2.45, 2.75) is 0 Å². The molecule has 0 bridgehead atoms. The van der Waals surface area contributed by atoms with Gasteiger partial charge in [0.25, 0.3) is 0 Å². The highest BCUT2D eigenvalue weighted by Gasteiger charge is 2.25. The first kappa shape index (κ1) is 15.9. The van der Waals surface area contributed by atoms with E-state index in [1.54, 1.807) is 12.1 Å². The van der Waals surface area contributed by atoms with Gasteiger partial charge in [0, 0.05) is 12.6 Å². The molecule has 3 rings (SSSR count). The van der Waals surface area contributed by atoms with E-state index in [9.17, 15) is 15.2 Å². The molecule has 0 radical (unpaired) electrons. The maximum absolute atomic E-state index is 11.6. The van der Waals surface area contributed by atoms with Crippen LogP contribution in [0.4, 0.5) is 0 Å². The van der Waals surface area contributed by atoms with Gasteiger partial charge >= 0.3 is 5.97 Å². The fraction of sp³-hybridized carbons (Fsp3) is 0.0526. The molecule has 118 valence electrons. The SMILES string of the molecule is Cn1c(Cl)c(C#N)c(-c2ccc(-c3ccccc3)cc2)c1C(=O)O. The molecule has 0 aliphatic heterocycles. The van der Waals surface area contributed by atoms with Crippen molar-refractivity contribution in [2.75, 3.05) is 0 Å². The van der Waals surface area contributed by atoms with Gasteiger partial charge in [-0.1, -0.05) is 66.2 Å². The summed E-state index contributed by atoms with van der Waals surface area (Å²) in [5, 5.41) is 19.0. The fourth-order valence-corrected chi connectivity index (χ4v) is 2.97. The van der Waals surface area contributed by atoms with Crippen LogP contribution >= 0.6 is 11.6 Å². The number of carboxylic acids is 1. The van der Waals surface area contributed by atoms with Crippen molar-refractivity contribution in [3.63, 3.8) is 0 Å². The Labute approximate surface area is 144 Å². The van der Waals surface area contributed by atoms with E-state index < -0.39 is 5.97 Å². The van der Waals surface area contributed by atoms with Crippen LogP contribution in [0, 0.1) is 11.3 Å². The second kappa shape index (κ2) is 6.23. The van der Waals surface area contributed by atoms with Gasteiger partial charge in [-0.2, -0.15) is 5.26 Å². The molecule has 0 fully saturated rings. The Balaban J connectivity index is 2.15. The molecule has 1 N–H and O–H groups in total. The van der Waals surface area contributed by atoms with E-state index in [1.165, 1.54) is 11.6 Å². The molecule has 5 heteroatoms. The summed E-state index contributed by atoms with van der Waals surface area (Å²) in [4.78, 5) is 11.6. The number of rotatable bonds is 3. The van der Waals surface area contributed by atoms with Crippen LogP contribution < -0.4 is 0 Å². The molecular formula is C19H13ClN2O2. The van der Waals surface area contributed by atoms with E-state index >= 15 is 0 Å². The first-order valence-corrected chi connectivity index (χ1v) is 7.59. The third-order valence-corrected chi connectivity index (χ3v) is 4.36. The van der Waals surface area contributed by atoms with Crippen molar-refractivity contribution < 1.29 is 9.90 Å². The molecule has 3 aromatic rings. The van der Waals surface area contributed by atoms with Gasteiger partial charge in [0.05, 0.1) is 5.56 Å². The highest BCUT2D eigenvalue weighted by molar-refractivity contribution is 6.32. The van der Waals surface area contributed by atoms with Crippen molar-refractivity contribution in [3.05, 3.63) is 71.0 Å². The third kappa shape index (κ3) is 2.55. The van der Waals surface area contributed by atoms with E-state index in [1.807, 2.05) is 48.5 Å². The summed E-state index contributed by atoms with van der Waals surface area (Å²) < 4.78 is 1.32. The molecule has 0 aliphatic carbocycles. The molecule has 4 nitrogen and oxygen atoms in total. The molecule has 0 amide bonds. The second-order valence-corrected chi connectivity index (χ2v) is 5.67. The summed E-state index contributed by atoms with van der Waals surface area (Å²) in [6, 6.07) is 19.3. The third-order valence-electron chi connectivity index (χ3n) is 3.92. The van der Waals surface area contributed by atoms with Crippen molar-refractivity contribution >= 4 is 17.6 Å². The van der Waals surface area contributed by atoms with E-state index in [4.69, 9.17) is 11.6 Å². The van der Waals surface area contributed by atoms with Gasteiger partial charge in [0.1, 0.15) is 16.9 Å². The Morgan fingerprint density at radius 1 is 1.04 bits per heavy atom. The van der Waals surface area contributed by atoms with Crippen LogP contribution in [0.25, 0.3) is 22.3 Å². The largest absolute Gasteiger partial charge is 0.477 e. The van der Waals surface area contributed by atoms with Crippen molar-refractivity contribution in [1.29, 1.82) is 5.26 Å². The van der Waals surface area contributed by atoms with Crippen LogP contribution in [0.1, 0.15) is 16.1 Å². The van der Waals surface area contributed by atoms with Gasteiger partial charge in [0.15, 0.2) is 0 Å². The lowest BCUT2D eigenvalue weighted by atomic mass is 9.98. The first-order valence-electron chi connectivity index (χ1n) is 7.22. The number of hydrogen-bond donors (Lipinski definition) is 1. The summed E-state index contributed by atoms with van der Waals surface area (Å²) in [5.41, 5.74) is 3.24. The van der Waals surface area contributed by atoms with Crippen molar-refractivity contribution in [1.82, 2.24) is 4.57 Å². The number of carbonyl (C=O) groups is 1. The monoisotopic (exact) mass is 336 g/mol. The zero-order valence-corrected chi connectivity index (χ0v) is 13.6. The highest BCUT2D eigenvalue weighted by Crippen LogP contribution is 2.35. The van der Waals surface area contributed by atoms with E-state index in [-0.39, 0.29) is 16.4 Å². The highest BCUT2D eigenvalue weighted by atomic mass is 35.5. The van der Waals surface area contributed by atoms with Crippen LogP contribution in [-0.2, 0) is 7.05 Å². The van der Waals surface area contributed by atoms with Crippen molar-refractivity contribution in [2.24, 2.45) is 7.05 Å².